The van der Waals surface area contributed by atoms with Crippen LogP contribution in [0.25, 0.3) is 0 Å². The molecule has 0 aliphatic rings. The number of halogens is 1. The molecule has 0 aliphatic heterocycles. The first kappa shape index (κ1) is 15.3. The highest BCUT2D eigenvalue weighted by Gasteiger charge is 2.10. The topological polar surface area (TPSA) is 51.8 Å². The van der Waals surface area contributed by atoms with Crippen molar-refractivity contribution in [3.05, 3.63) is 46.7 Å². The highest BCUT2D eigenvalue weighted by atomic mass is 35.5. The van der Waals surface area contributed by atoms with Gasteiger partial charge < -0.3 is 5.73 Å². The van der Waals surface area contributed by atoms with Crippen LogP contribution in [0.5, 0.6) is 0 Å². The van der Waals surface area contributed by atoms with Crippen LogP contribution in [0.1, 0.15) is 24.6 Å². The summed E-state index contributed by atoms with van der Waals surface area (Å²) in [5, 5.41) is 1.48. The Kier molecular flexibility index (Phi) is 5.40. The van der Waals surface area contributed by atoms with Crippen LogP contribution in [-0.4, -0.2) is 16.0 Å². The molecule has 1 heterocycles. The zero-order chi connectivity index (χ0) is 14.5. The molecule has 2 rings (SSSR count). The van der Waals surface area contributed by atoms with E-state index in [9.17, 15) is 0 Å². The number of rotatable bonds is 5. The Balaban J connectivity index is 2.26. The normalized spacial score (nSPS) is 12.4. The van der Waals surface area contributed by atoms with Crippen LogP contribution in [0.15, 0.2) is 40.5 Å². The van der Waals surface area contributed by atoms with E-state index in [0.717, 1.165) is 39.2 Å². The minimum Gasteiger partial charge on any atom is -0.327 e. The standard InChI is InChI=1S/C15H18ClN3S/c1-3-13(17)9-11-8-12(16)4-5-14(11)20-15-18-7-6-10(2)19-15/h4-8,13H,3,9,17H2,1-2H3. The van der Waals surface area contributed by atoms with Crippen molar-refractivity contribution in [2.75, 3.05) is 0 Å². The van der Waals surface area contributed by atoms with Crippen LogP contribution in [0.2, 0.25) is 5.02 Å². The molecule has 2 N–H and O–H groups in total. The second-order valence-electron chi connectivity index (χ2n) is 4.71. The zero-order valence-electron chi connectivity index (χ0n) is 11.6. The fraction of sp³-hybridized carbons (Fsp3) is 0.333. The molecule has 1 unspecified atom stereocenters. The second-order valence-corrected chi connectivity index (χ2v) is 6.15. The number of aryl methyl sites for hydroxylation is 1. The molecule has 20 heavy (non-hydrogen) atoms. The maximum Gasteiger partial charge on any atom is 0.192 e. The molecule has 0 saturated carbocycles. The average Bonchev–Trinajstić information content (AvgIpc) is 2.42. The van der Waals surface area contributed by atoms with E-state index in [1.54, 1.807) is 18.0 Å². The number of hydrogen-bond acceptors (Lipinski definition) is 4. The van der Waals surface area contributed by atoms with Crippen molar-refractivity contribution in [2.45, 2.75) is 42.8 Å². The first-order valence-corrected chi connectivity index (χ1v) is 7.79. The summed E-state index contributed by atoms with van der Waals surface area (Å²) in [4.78, 5) is 9.82. The van der Waals surface area contributed by atoms with E-state index in [1.165, 1.54) is 0 Å². The lowest BCUT2D eigenvalue weighted by atomic mass is 10.0. The van der Waals surface area contributed by atoms with E-state index < -0.39 is 0 Å². The third-order valence-electron chi connectivity index (χ3n) is 3.00. The minimum absolute atomic E-state index is 0.145. The van der Waals surface area contributed by atoms with Gasteiger partial charge >= 0.3 is 0 Å². The van der Waals surface area contributed by atoms with Gasteiger partial charge in [0.25, 0.3) is 0 Å². The molecule has 0 radical (unpaired) electrons. The summed E-state index contributed by atoms with van der Waals surface area (Å²) in [7, 11) is 0. The van der Waals surface area contributed by atoms with E-state index >= 15 is 0 Å². The Hall–Kier alpha value is -1.10. The Morgan fingerprint density at radius 2 is 2.15 bits per heavy atom. The SMILES string of the molecule is CCC(N)Cc1cc(Cl)ccc1Sc1nccc(C)n1. The molecule has 2 aromatic rings. The third kappa shape index (κ3) is 4.20. The molecule has 106 valence electrons. The van der Waals surface area contributed by atoms with E-state index in [1.807, 2.05) is 31.2 Å². The molecule has 0 aliphatic carbocycles. The average molecular weight is 308 g/mol. The summed E-state index contributed by atoms with van der Waals surface area (Å²) >= 11 is 7.64. The maximum atomic E-state index is 6.09. The van der Waals surface area contributed by atoms with Gasteiger partial charge in [0.1, 0.15) is 0 Å². The second kappa shape index (κ2) is 7.07. The molecule has 0 amide bonds. The van der Waals surface area contributed by atoms with Gasteiger partial charge in [-0.1, -0.05) is 18.5 Å². The van der Waals surface area contributed by atoms with Gasteiger partial charge in [-0.05, 0) is 61.4 Å². The van der Waals surface area contributed by atoms with Crippen LogP contribution in [-0.2, 0) is 6.42 Å². The fourth-order valence-electron chi connectivity index (χ4n) is 1.81. The number of benzene rings is 1. The smallest absolute Gasteiger partial charge is 0.192 e. The van der Waals surface area contributed by atoms with Crippen LogP contribution < -0.4 is 5.73 Å². The van der Waals surface area contributed by atoms with Gasteiger partial charge in [-0.3, -0.25) is 0 Å². The lowest BCUT2D eigenvalue weighted by Crippen LogP contribution is -2.21. The van der Waals surface area contributed by atoms with Crippen LogP contribution in [0, 0.1) is 6.92 Å². The molecule has 0 bridgehead atoms. The van der Waals surface area contributed by atoms with Gasteiger partial charge in [-0.15, -0.1) is 0 Å². The number of nitrogens with zero attached hydrogens (tertiary/aromatic N) is 2. The van der Waals surface area contributed by atoms with Crippen LogP contribution in [0.3, 0.4) is 0 Å². The minimum atomic E-state index is 0.145. The predicted octanol–water partition coefficient (Wildman–Crippen LogP) is 3.87. The Bertz CT molecular complexity index is 589. The van der Waals surface area contributed by atoms with E-state index in [2.05, 4.69) is 16.9 Å². The predicted molar refractivity (Wildman–Crippen MR) is 84.3 cm³/mol. The Labute approximate surface area is 129 Å². The summed E-state index contributed by atoms with van der Waals surface area (Å²) in [6.45, 7) is 4.05. The quantitative estimate of drug-likeness (QED) is 0.852. The van der Waals surface area contributed by atoms with Crippen molar-refractivity contribution in [2.24, 2.45) is 5.73 Å². The summed E-state index contributed by atoms with van der Waals surface area (Å²) in [5.41, 5.74) is 8.17. The van der Waals surface area contributed by atoms with E-state index in [0.29, 0.717) is 0 Å². The molecule has 5 heteroatoms. The molecular weight excluding hydrogens is 290 g/mol. The van der Waals surface area contributed by atoms with Gasteiger partial charge in [0.2, 0.25) is 0 Å². The van der Waals surface area contributed by atoms with Gasteiger partial charge in [0.05, 0.1) is 0 Å². The third-order valence-corrected chi connectivity index (χ3v) is 4.24. The maximum absolute atomic E-state index is 6.09. The number of aromatic nitrogens is 2. The van der Waals surface area contributed by atoms with Crippen molar-refractivity contribution in [1.82, 2.24) is 9.97 Å². The van der Waals surface area contributed by atoms with E-state index in [-0.39, 0.29) is 6.04 Å². The molecule has 0 fully saturated rings. The molecule has 1 atom stereocenters. The Morgan fingerprint density at radius 1 is 1.35 bits per heavy atom. The van der Waals surface area contributed by atoms with Crippen LogP contribution >= 0.6 is 23.4 Å². The molecular formula is C15H18ClN3S. The number of nitrogens with two attached hydrogens (primary N) is 1. The number of hydrogen-bond donors (Lipinski definition) is 1. The first-order chi connectivity index (χ1) is 9.58. The lowest BCUT2D eigenvalue weighted by molar-refractivity contribution is 0.641. The summed E-state index contributed by atoms with van der Waals surface area (Å²) in [6, 6.07) is 7.91. The van der Waals surface area contributed by atoms with Gasteiger partial charge in [0.15, 0.2) is 5.16 Å². The lowest BCUT2D eigenvalue weighted by Gasteiger charge is -2.13. The Morgan fingerprint density at radius 3 is 2.85 bits per heavy atom. The summed E-state index contributed by atoms with van der Waals surface area (Å²) < 4.78 is 0. The van der Waals surface area contributed by atoms with Gasteiger partial charge in [-0.2, -0.15) is 0 Å². The van der Waals surface area contributed by atoms with Gasteiger partial charge in [0, 0.05) is 27.9 Å². The highest BCUT2D eigenvalue weighted by Crippen LogP contribution is 2.30. The monoisotopic (exact) mass is 307 g/mol. The van der Waals surface area contributed by atoms with Gasteiger partial charge in [-0.25, -0.2) is 9.97 Å². The van der Waals surface area contributed by atoms with Crippen molar-refractivity contribution in [1.29, 1.82) is 0 Å². The molecule has 1 aromatic carbocycles. The zero-order valence-corrected chi connectivity index (χ0v) is 13.2. The summed E-state index contributed by atoms with van der Waals surface area (Å²) in [6.07, 6.45) is 3.53. The first-order valence-electron chi connectivity index (χ1n) is 6.60. The molecule has 0 saturated heterocycles. The fourth-order valence-corrected chi connectivity index (χ4v) is 2.91. The van der Waals surface area contributed by atoms with Crippen molar-refractivity contribution in [3.63, 3.8) is 0 Å². The largest absolute Gasteiger partial charge is 0.327 e. The molecule has 1 aromatic heterocycles. The van der Waals surface area contributed by atoms with Crippen LogP contribution in [0.4, 0.5) is 0 Å². The molecule has 3 nitrogen and oxygen atoms in total. The van der Waals surface area contributed by atoms with E-state index in [4.69, 9.17) is 17.3 Å². The van der Waals surface area contributed by atoms with Crippen molar-refractivity contribution < 1.29 is 0 Å². The van der Waals surface area contributed by atoms with Crippen molar-refractivity contribution in [3.8, 4) is 0 Å². The molecule has 0 spiro atoms. The van der Waals surface area contributed by atoms with Crippen molar-refractivity contribution >= 4 is 23.4 Å². The summed E-state index contributed by atoms with van der Waals surface area (Å²) in [5.74, 6) is 0. The highest BCUT2D eigenvalue weighted by molar-refractivity contribution is 7.99.